The molecular weight excluding hydrogens is 382 g/mol. The standard InChI is InChI=1S/C21H19N7O2/c1-3-17(4-2-15(1)20-27-24-14-30-20)25-21-23-6-5-19(26-21)16-11-18(13-22-12-16)28-7-9-29-10-8-28/h1-6,11-14H,7-10H2,(H,23,25,26). The number of morpholine rings is 1. The number of hydrogen-bond acceptors (Lipinski definition) is 9. The number of ether oxygens (including phenoxy) is 1. The Bertz CT molecular complexity index is 1110. The van der Waals surface area contributed by atoms with Gasteiger partial charge in [0.05, 0.1) is 30.8 Å². The molecule has 1 saturated heterocycles. The summed E-state index contributed by atoms with van der Waals surface area (Å²) in [6, 6.07) is 11.6. The van der Waals surface area contributed by atoms with E-state index in [0.717, 1.165) is 54.5 Å². The summed E-state index contributed by atoms with van der Waals surface area (Å²) in [6.45, 7) is 3.19. The summed E-state index contributed by atoms with van der Waals surface area (Å²) in [5.41, 5.74) is 4.52. The summed E-state index contributed by atoms with van der Waals surface area (Å²) < 4.78 is 10.6. The van der Waals surface area contributed by atoms with Crippen molar-refractivity contribution in [2.45, 2.75) is 0 Å². The van der Waals surface area contributed by atoms with E-state index in [4.69, 9.17) is 9.15 Å². The van der Waals surface area contributed by atoms with Crippen LogP contribution >= 0.6 is 0 Å². The molecule has 1 aromatic carbocycles. The lowest BCUT2D eigenvalue weighted by Crippen LogP contribution is -2.36. The van der Waals surface area contributed by atoms with Crippen LogP contribution in [0.25, 0.3) is 22.7 Å². The number of hydrogen-bond donors (Lipinski definition) is 1. The first-order valence-corrected chi connectivity index (χ1v) is 9.60. The number of nitrogens with zero attached hydrogens (tertiary/aromatic N) is 6. The summed E-state index contributed by atoms with van der Waals surface area (Å²) in [6.07, 6.45) is 6.73. The molecule has 1 N–H and O–H groups in total. The first-order valence-electron chi connectivity index (χ1n) is 9.60. The smallest absolute Gasteiger partial charge is 0.247 e. The molecule has 9 heteroatoms. The lowest BCUT2D eigenvalue weighted by atomic mass is 10.2. The predicted octanol–water partition coefficient (Wildman–Crippen LogP) is 3.17. The highest BCUT2D eigenvalue weighted by Crippen LogP contribution is 2.25. The molecule has 0 bridgehead atoms. The molecular formula is C21H19N7O2. The van der Waals surface area contributed by atoms with Gasteiger partial charge in [-0.3, -0.25) is 4.98 Å². The average molecular weight is 401 g/mol. The zero-order valence-electron chi connectivity index (χ0n) is 16.1. The Morgan fingerprint density at radius 3 is 2.63 bits per heavy atom. The molecule has 0 atom stereocenters. The molecule has 0 saturated carbocycles. The highest BCUT2D eigenvalue weighted by atomic mass is 16.5. The fourth-order valence-corrected chi connectivity index (χ4v) is 3.27. The van der Waals surface area contributed by atoms with Gasteiger partial charge in [-0.1, -0.05) is 0 Å². The van der Waals surface area contributed by atoms with Crippen LogP contribution in [0.4, 0.5) is 17.3 Å². The third-order valence-electron chi connectivity index (χ3n) is 4.80. The molecule has 4 heterocycles. The van der Waals surface area contributed by atoms with E-state index in [1.807, 2.05) is 42.7 Å². The number of pyridine rings is 1. The van der Waals surface area contributed by atoms with Gasteiger partial charge in [0.2, 0.25) is 18.2 Å². The van der Waals surface area contributed by atoms with Crippen LogP contribution in [-0.2, 0) is 4.74 Å². The van der Waals surface area contributed by atoms with Crippen molar-refractivity contribution in [2.24, 2.45) is 0 Å². The van der Waals surface area contributed by atoms with Crippen molar-refractivity contribution in [2.75, 3.05) is 36.5 Å². The highest BCUT2D eigenvalue weighted by Gasteiger charge is 2.13. The number of benzene rings is 1. The van der Waals surface area contributed by atoms with E-state index in [2.05, 4.69) is 41.4 Å². The molecule has 9 nitrogen and oxygen atoms in total. The predicted molar refractivity (Wildman–Crippen MR) is 111 cm³/mol. The third kappa shape index (κ3) is 3.96. The fraction of sp³-hybridized carbons (Fsp3) is 0.190. The van der Waals surface area contributed by atoms with Gasteiger partial charge in [-0.25, -0.2) is 9.97 Å². The number of nitrogens with one attached hydrogen (secondary N) is 1. The minimum atomic E-state index is 0.479. The highest BCUT2D eigenvalue weighted by molar-refractivity contribution is 5.66. The van der Waals surface area contributed by atoms with Gasteiger partial charge in [-0.15, -0.1) is 10.2 Å². The van der Waals surface area contributed by atoms with Crippen LogP contribution < -0.4 is 10.2 Å². The van der Waals surface area contributed by atoms with Crippen molar-refractivity contribution < 1.29 is 9.15 Å². The lowest BCUT2D eigenvalue weighted by Gasteiger charge is -2.28. The Morgan fingerprint density at radius 2 is 1.83 bits per heavy atom. The molecule has 30 heavy (non-hydrogen) atoms. The second-order valence-electron chi connectivity index (χ2n) is 6.74. The molecule has 0 amide bonds. The molecule has 4 aromatic rings. The SMILES string of the molecule is c1cc(-c2cncc(N3CCOCC3)c2)nc(Nc2ccc(-c3nnco3)cc2)n1. The maximum absolute atomic E-state index is 5.43. The Balaban J connectivity index is 1.34. The summed E-state index contributed by atoms with van der Waals surface area (Å²) >= 11 is 0. The van der Waals surface area contributed by atoms with Gasteiger partial charge >= 0.3 is 0 Å². The first kappa shape index (κ1) is 18.2. The van der Waals surface area contributed by atoms with Gasteiger partial charge in [0.15, 0.2) is 0 Å². The van der Waals surface area contributed by atoms with Gasteiger partial charge < -0.3 is 19.4 Å². The zero-order chi connectivity index (χ0) is 20.2. The molecule has 1 fully saturated rings. The molecule has 0 radical (unpaired) electrons. The molecule has 3 aromatic heterocycles. The normalized spacial score (nSPS) is 13.9. The molecule has 0 spiro atoms. The van der Waals surface area contributed by atoms with Gasteiger partial charge in [0.25, 0.3) is 0 Å². The van der Waals surface area contributed by atoms with Crippen LogP contribution in [-0.4, -0.2) is 51.5 Å². The van der Waals surface area contributed by atoms with Crippen LogP contribution in [0.1, 0.15) is 0 Å². The summed E-state index contributed by atoms with van der Waals surface area (Å²) in [5, 5.41) is 10.8. The van der Waals surface area contributed by atoms with E-state index in [1.165, 1.54) is 6.39 Å². The molecule has 1 aliphatic rings. The second kappa shape index (κ2) is 8.26. The van der Waals surface area contributed by atoms with E-state index in [9.17, 15) is 0 Å². The summed E-state index contributed by atoms with van der Waals surface area (Å²) in [7, 11) is 0. The van der Waals surface area contributed by atoms with E-state index < -0.39 is 0 Å². The zero-order valence-corrected chi connectivity index (χ0v) is 16.1. The van der Waals surface area contributed by atoms with Crippen LogP contribution in [0, 0.1) is 0 Å². The van der Waals surface area contributed by atoms with Gasteiger partial charge in [-0.2, -0.15) is 0 Å². The van der Waals surface area contributed by atoms with Crippen molar-refractivity contribution in [1.82, 2.24) is 25.1 Å². The maximum atomic E-state index is 5.43. The molecule has 0 unspecified atom stereocenters. The Kier molecular flexibility index (Phi) is 5.01. The number of rotatable bonds is 5. The fourth-order valence-electron chi connectivity index (χ4n) is 3.27. The largest absolute Gasteiger partial charge is 0.423 e. The summed E-state index contributed by atoms with van der Waals surface area (Å²) in [5.74, 6) is 0.988. The van der Waals surface area contributed by atoms with E-state index in [1.54, 1.807) is 6.20 Å². The van der Waals surface area contributed by atoms with E-state index in [-0.39, 0.29) is 0 Å². The minimum Gasteiger partial charge on any atom is -0.423 e. The van der Waals surface area contributed by atoms with Crippen molar-refractivity contribution >= 4 is 17.3 Å². The Hall–Kier alpha value is -3.85. The monoisotopic (exact) mass is 401 g/mol. The van der Waals surface area contributed by atoms with Crippen LogP contribution in [0.3, 0.4) is 0 Å². The quantitative estimate of drug-likeness (QED) is 0.540. The lowest BCUT2D eigenvalue weighted by molar-refractivity contribution is 0.122. The van der Waals surface area contributed by atoms with Gasteiger partial charge in [0.1, 0.15) is 0 Å². The number of anilines is 3. The summed E-state index contributed by atoms with van der Waals surface area (Å²) in [4.78, 5) is 15.7. The molecule has 150 valence electrons. The number of aromatic nitrogens is 5. The van der Waals surface area contributed by atoms with Crippen molar-refractivity contribution in [3.8, 4) is 22.7 Å². The van der Waals surface area contributed by atoms with Crippen molar-refractivity contribution in [3.63, 3.8) is 0 Å². The van der Waals surface area contributed by atoms with Gasteiger partial charge in [-0.05, 0) is 36.4 Å². The minimum absolute atomic E-state index is 0.479. The van der Waals surface area contributed by atoms with Crippen LogP contribution in [0.5, 0.6) is 0 Å². The topological polar surface area (TPSA) is 102 Å². The van der Waals surface area contributed by atoms with Crippen molar-refractivity contribution in [3.05, 3.63) is 61.4 Å². The van der Waals surface area contributed by atoms with E-state index >= 15 is 0 Å². The maximum Gasteiger partial charge on any atom is 0.247 e. The third-order valence-corrected chi connectivity index (χ3v) is 4.80. The molecule has 1 aliphatic heterocycles. The van der Waals surface area contributed by atoms with E-state index in [0.29, 0.717) is 11.8 Å². The first-order chi connectivity index (χ1) is 14.8. The van der Waals surface area contributed by atoms with Gasteiger partial charge in [0, 0.05) is 42.3 Å². The average Bonchev–Trinajstić information content (AvgIpc) is 3.36. The van der Waals surface area contributed by atoms with Crippen LogP contribution in [0.2, 0.25) is 0 Å². The molecule has 5 rings (SSSR count). The molecule has 0 aliphatic carbocycles. The van der Waals surface area contributed by atoms with Crippen LogP contribution in [0.15, 0.2) is 65.8 Å². The second-order valence-corrected chi connectivity index (χ2v) is 6.74. The van der Waals surface area contributed by atoms with Crippen molar-refractivity contribution in [1.29, 1.82) is 0 Å². The Labute approximate surface area is 172 Å². The Morgan fingerprint density at radius 1 is 0.967 bits per heavy atom.